The van der Waals surface area contributed by atoms with Crippen molar-refractivity contribution in [3.8, 4) is 11.5 Å². The number of methoxy groups -OCH3 is 1. The van der Waals surface area contributed by atoms with Crippen LogP contribution in [0.5, 0.6) is 11.5 Å². The molecule has 36 heavy (non-hydrogen) atoms. The molecule has 0 bridgehead atoms. The first-order valence-electron chi connectivity index (χ1n) is 13.6. The number of aromatic hydroxyl groups is 1. The number of phenols is 1. The monoisotopic (exact) mass is 492 g/mol. The second-order valence-corrected chi connectivity index (χ2v) is 12.1. The number of fused-ring (bicyclic) bond motifs is 5. The molecule has 5 nitrogen and oxygen atoms in total. The topological polar surface area (TPSA) is 72.8 Å². The summed E-state index contributed by atoms with van der Waals surface area (Å²) in [5, 5.41) is 9.84. The Labute approximate surface area is 214 Å². The summed E-state index contributed by atoms with van der Waals surface area (Å²) in [4.78, 5) is 25.0. The van der Waals surface area contributed by atoms with Crippen LogP contribution in [-0.2, 0) is 14.3 Å². The number of ether oxygens (including phenoxy) is 2. The second-order valence-electron chi connectivity index (χ2n) is 12.1. The second kappa shape index (κ2) is 9.39. The third-order valence-corrected chi connectivity index (χ3v) is 10.4. The minimum atomic E-state index is -0.174. The molecule has 1 aromatic carbocycles. The molecule has 1 unspecified atom stereocenters. The molecule has 0 amide bonds. The van der Waals surface area contributed by atoms with Crippen molar-refractivity contribution in [1.29, 1.82) is 0 Å². The Morgan fingerprint density at radius 3 is 2.64 bits per heavy atom. The summed E-state index contributed by atoms with van der Waals surface area (Å²) >= 11 is 0. The van der Waals surface area contributed by atoms with Crippen LogP contribution < -0.4 is 4.74 Å². The molecule has 4 aliphatic carbocycles. The Kier molecular flexibility index (Phi) is 6.55. The molecule has 1 N–H and O–H groups in total. The summed E-state index contributed by atoms with van der Waals surface area (Å²) < 4.78 is 10.8. The molecule has 4 aliphatic rings. The number of carbonyl (C=O) groups excluding carboxylic acids is 2. The van der Waals surface area contributed by atoms with Crippen molar-refractivity contribution in [1.82, 2.24) is 0 Å². The van der Waals surface area contributed by atoms with Gasteiger partial charge in [0.2, 0.25) is 0 Å². The van der Waals surface area contributed by atoms with E-state index in [9.17, 15) is 14.7 Å². The smallest absolute Gasteiger partial charge is 0.302 e. The zero-order valence-electron chi connectivity index (χ0n) is 22.1. The van der Waals surface area contributed by atoms with Gasteiger partial charge in [-0.1, -0.05) is 37.6 Å². The predicted molar refractivity (Wildman–Crippen MR) is 139 cm³/mol. The molecule has 0 aliphatic heterocycles. The molecule has 3 fully saturated rings. The fourth-order valence-corrected chi connectivity index (χ4v) is 8.52. The van der Waals surface area contributed by atoms with Crippen LogP contribution in [0.25, 0.3) is 6.08 Å². The zero-order valence-corrected chi connectivity index (χ0v) is 22.1. The van der Waals surface area contributed by atoms with E-state index < -0.39 is 0 Å². The van der Waals surface area contributed by atoms with Crippen LogP contribution in [-0.4, -0.2) is 30.1 Å². The third kappa shape index (κ3) is 4.18. The van der Waals surface area contributed by atoms with Crippen LogP contribution in [0.3, 0.4) is 0 Å². The zero-order chi connectivity index (χ0) is 25.7. The van der Waals surface area contributed by atoms with E-state index >= 15 is 0 Å². The fraction of sp³-hybridized carbons (Fsp3) is 0.613. The number of hydrogen-bond donors (Lipinski definition) is 1. The van der Waals surface area contributed by atoms with Gasteiger partial charge in [-0.3, -0.25) is 9.59 Å². The van der Waals surface area contributed by atoms with Crippen LogP contribution >= 0.6 is 0 Å². The Morgan fingerprint density at radius 2 is 1.89 bits per heavy atom. The molecule has 1 aromatic rings. The van der Waals surface area contributed by atoms with E-state index in [1.54, 1.807) is 24.3 Å². The largest absolute Gasteiger partial charge is 0.504 e. The quantitative estimate of drug-likeness (QED) is 0.289. The average Bonchev–Trinajstić information content (AvgIpc) is 3.20. The highest BCUT2D eigenvalue weighted by Crippen LogP contribution is 2.66. The van der Waals surface area contributed by atoms with Crippen molar-refractivity contribution in [2.45, 2.75) is 78.2 Å². The Morgan fingerprint density at radius 1 is 1.08 bits per heavy atom. The summed E-state index contributed by atoms with van der Waals surface area (Å²) in [5.41, 5.74) is 2.60. The van der Waals surface area contributed by atoms with Gasteiger partial charge in [0.1, 0.15) is 6.10 Å². The summed E-state index contributed by atoms with van der Waals surface area (Å²) in [6.07, 6.45) is 14.5. The lowest BCUT2D eigenvalue weighted by atomic mass is 9.47. The van der Waals surface area contributed by atoms with Gasteiger partial charge in [0.05, 0.1) is 7.11 Å². The van der Waals surface area contributed by atoms with E-state index in [1.165, 1.54) is 26.0 Å². The Hall–Kier alpha value is -2.56. The number of ketones is 1. The number of phenolic OH excluding ortho intramolecular Hbond substituents is 1. The molecule has 194 valence electrons. The molecule has 3 saturated carbocycles. The van der Waals surface area contributed by atoms with Crippen LogP contribution in [0, 0.1) is 34.5 Å². The van der Waals surface area contributed by atoms with Gasteiger partial charge in [-0.25, -0.2) is 0 Å². The van der Waals surface area contributed by atoms with Gasteiger partial charge in [-0.2, -0.15) is 0 Å². The molecule has 0 radical (unpaired) electrons. The van der Waals surface area contributed by atoms with Crippen LogP contribution in [0.15, 0.2) is 35.9 Å². The molecule has 5 rings (SSSR count). The highest BCUT2D eigenvalue weighted by atomic mass is 16.5. The number of hydrogen-bond acceptors (Lipinski definition) is 5. The summed E-state index contributed by atoms with van der Waals surface area (Å²) in [5.74, 6) is 2.49. The lowest BCUT2D eigenvalue weighted by molar-refractivity contribution is -0.149. The maximum absolute atomic E-state index is 13.5. The van der Waals surface area contributed by atoms with Gasteiger partial charge >= 0.3 is 5.97 Å². The molecule has 0 heterocycles. The maximum Gasteiger partial charge on any atom is 0.302 e. The predicted octanol–water partition coefficient (Wildman–Crippen LogP) is 6.49. The molecule has 0 saturated heterocycles. The van der Waals surface area contributed by atoms with Crippen molar-refractivity contribution in [2.75, 3.05) is 7.11 Å². The summed E-state index contributed by atoms with van der Waals surface area (Å²) in [6, 6.07) is 5.16. The number of carbonyl (C=O) groups is 2. The summed E-state index contributed by atoms with van der Waals surface area (Å²) in [6.45, 7) is 6.34. The maximum atomic E-state index is 13.5. The van der Waals surface area contributed by atoms with Crippen molar-refractivity contribution in [2.24, 2.45) is 34.5 Å². The minimum Gasteiger partial charge on any atom is -0.504 e. The van der Waals surface area contributed by atoms with E-state index in [4.69, 9.17) is 9.47 Å². The van der Waals surface area contributed by atoms with Crippen LogP contribution in [0.2, 0.25) is 0 Å². The third-order valence-electron chi connectivity index (χ3n) is 10.4. The van der Waals surface area contributed by atoms with Gasteiger partial charge in [0.25, 0.3) is 0 Å². The number of esters is 1. The highest BCUT2D eigenvalue weighted by molar-refractivity contribution is 5.96. The van der Waals surface area contributed by atoms with Gasteiger partial charge in [-0.15, -0.1) is 0 Å². The van der Waals surface area contributed by atoms with Crippen molar-refractivity contribution < 1.29 is 24.2 Å². The summed E-state index contributed by atoms with van der Waals surface area (Å²) in [7, 11) is 1.53. The lowest BCUT2D eigenvalue weighted by Crippen LogP contribution is -2.51. The van der Waals surface area contributed by atoms with E-state index in [0.29, 0.717) is 23.5 Å². The minimum absolute atomic E-state index is 0.0288. The number of benzene rings is 1. The molecule has 5 heteroatoms. The van der Waals surface area contributed by atoms with Crippen molar-refractivity contribution >= 4 is 17.8 Å². The first kappa shape index (κ1) is 25.1. The number of rotatable bonds is 5. The molecular formula is C31H40O5. The SMILES string of the molecule is COc1cc(/C=C/C(=O)C2CC[C@H]3[C@@H]4CC=C5C[C@@H](OC(C)=O)CC[C@]5(C)[C@H]4CC[C@]23C)ccc1O. The molecular weight excluding hydrogens is 452 g/mol. The Balaban J connectivity index is 1.32. The standard InChI is InChI=1S/C31H40O5/c1-19(32)36-22-13-15-30(2)21(18-22)7-8-23-24-9-10-26(31(24,3)16-14-25(23)30)27(33)11-5-20-6-12-28(34)29(17-20)35-4/h5-7,11-12,17,22-26,34H,8-10,13-16,18H2,1-4H3/b11-5+/t22-,23-,24-,25-,26?,30-,31-/m0/s1. The van der Waals surface area contributed by atoms with E-state index in [-0.39, 0.29) is 40.4 Å². The van der Waals surface area contributed by atoms with Gasteiger partial charge in [0, 0.05) is 19.3 Å². The molecule has 0 aromatic heterocycles. The molecule has 7 atom stereocenters. The van der Waals surface area contributed by atoms with Crippen molar-refractivity contribution in [3.63, 3.8) is 0 Å². The van der Waals surface area contributed by atoms with Crippen LogP contribution in [0.1, 0.15) is 77.7 Å². The van der Waals surface area contributed by atoms with Gasteiger partial charge in [0.15, 0.2) is 17.3 Å². The van der Waals surface area contributed by atoms with Crippen molar-refractivity contribution in [3.05, 3.63) is 41.5 Å². The lowest BCUT2D eigenvalue weighted by Gasteiger charge is -2.58. The number of allylic oxidation sites excluding steroid dienone is 2. The van der Waals surface area contributed by atoms with Crippen LogP contribution in [0.4, 0.5) is 0 Å². The molecule has 0 spiro atoms. The first-order valence-corrected chi connectivity index (χ1v) is 13.6. The first-order chi connectivity index (χ1) is 17.2. The van der Waals surface area contributed by atoms with E-state index in [2.05, 4.69) is 19.9 Å². The Bertz CT molecular complexity index is 1100. The highest BCUT2D eigenvalue weighted by Gasteiger charge is 2.59. The van der Waals surface area contributed by atoms with Gasteiger partial charge < -0.3 is 14.6 Å². The van der Waals surface area contributed by atoms with E-state index in [1.807, 2.05) is 6.08 Å². The average molecular weight is 493 g/mol. The van der Waals surface area contributed by atoms with Gasteiger partial charge in [-0.05, 0) is 97.3 Å². The van der Waals surface area contributed by atoms with E-state index in [0.717, 1.165) is 50.5 Å². The fourth-order valence-electron chi connectivity index (χ4n) is 8.52. The normalized spacial score (nSPS) is 37.4.